The lowest BCUT2D eigenvalue weighted by Gasteiger charge is -2.11. The van der Waals surface area contributed by atoms with Gasteiger partial charge in [0, 0.05) is 12.0 Å². The largest absolute Gasteiger partial charge is 0.493 e. The van der Waals surface area contributed by atoms with Crippen LogP contribution < -0.4 is 20.3 Å². The highest BCUT2D eigenvalue weighted by atomic mass is 16.5. The van der Waals surface area contributed by atoms with Crippen molar-refractivity contribution in [3.8, 4) is 11.5 Å². The molecule has 0 unspecified atom stereocenters. The van der Waals surface area contributed by atoms with Crippen molar-refractivity contribution in [2.24, 2.45) is 0 Å². The first-order chi connectivity index (χ1) is 14.6. The van der Waals surface area contributed by atoms with Crippen molar-refractivity contribution >= 4 is 11.8 Å². The number of aryl methyl sites for hydroxylation is 1. The first-order valence-corrected chi connectivity index (χ1v) is 9.66. The molecule has 6 heteroatoms. The molecular formula is C24H24N2O4. The minimum Gasteiger partial charge on any atom is -0.493 e. The van der Waals surface area contributed by atoms with Crippen LogP contribution in [0.5, 0.6) is 11.5 Å². The fraction of sp³-hybridized carbons (Fsp3) is 0.167. The van der Waals surface area contributed by atoms with E-state index in [-0.39, 0.29) is 6.61 Å². The summed E-state index contributed by atoms with van der Waals surface area (Å²) < 4.78 is 11.2. The smallest absolute Gasteiger partial charge is 0.276 e. The van der Waals surface area contributed by atoms with E-state index in [0.29, 0.717) is 23.7 Å². The molecule has 0 fully saturated rings. The molecule has 154 valence electrons. The van der Waals surface area contributed by atoms with Gasteiger partial charge in [-0.2, -0.15) is 0 Å². The lowest BCUT2D eigenvalue weighted by molar-refractivity contribution is -0.123. The molecular weight excluding hydrogens is 380 g/mol. The minimum atomic E-state index is -0.457. The van der Waals surface area contributed by atoms with E-state index < -0.39 is 11.8 Å². The van der Waals surface area contributed by atoms with Gasteiger partial charge in [-0.15, -0.1) is 0 Å². The molecule has 0 saturated carbocycles. The van der Waals surface area contributed by atoms with Gasteiger partial charge in [-0.1, -0.05) is 54.6 Å². The monoisotopic (exact) mass is 404 g/mol. The molecule has 3 aromatic rings. The zero-order valence-corrected chi connectivity index (χ0v) is 16.8. The van der Waals surface area contributed by atoms with Gasteiger partial charge in [0.1, 0.15) is 11.5 Å². The Morgan fingerprint density at radius 1 is 0.833 bits per heavy atom. The number of ether oxygens (including phenoxy) is 2. The van der Waals surface area contributed by atoms with E-state index in [2.05, 4.69) is 10.9 Å². The zero-order valence-electron chi connectivity index (χ0n) is 16.8. The molecule has 0 bridgehead atoms. The van der Waals surface area contributed by atoms with Gasteiger partial charge >= 0.3 is 0 Å². The fourth-order valence-corrected chi connectivity index (χ4v) is 2.75. The van der Waals surface area contributed by atoms with Crippen LogP contribution in [0.1, 0.15) is 21.5 Å². The Hall–Kier alpha value is -3.80. The van der Waals surface area contributed by atoms with Gasteiger partial charge in [-0.3, -0.25) is 20.4 Å². The molecule has 0 saturated heterocycles. The molecule has 0 heterocycles. The maximum atomic E-state index is 12.3. The Bertz CT molecular complexity index is 989. The van der Waals surface area contributed by atoms with Gasteiger partial charge in [0.25, 0.3) is 11.8 Å². The summed E-state index contributed by atoms with van der Waals surface area (Å²) in [6, 6.07) is 24.2. The van der Waals surface area contributed by atoms with E-state index in [4.69, 9.17) is 9.47 Å². The van der Waals surface area contributed by atoms with Crippen molar-refractivity contribution in [3.05, 3.63) is 95.6 Å². The van der Waals surface area contributed by atoms with E-state index in [1.54, 1.807) is 30.3 Å². The van der Waals surface area contributed by atoms with E-state index in [0.717, 1.165) is 12.0 Å². The molecule has 6 nitrogen and oxygen atoms in total. The predicted octanol–water partition coefficient (Wildman–Crippen LogP) is 3.46. The average Bonchev–Trinajstić information content (AvgIpc) is 2.78. The molecule has 0 atom stereocenters. The van der Waals surface area contributed by atoms with Crippen molar-refractivity contribution in [3.63, 3.8) is 0 Å². The number of amides is 2. The molecule has 3 aromatic carbocycles. The van der Waals surface area contributed by atoms with Crippen LogP contribution in [-0.4, -0.2) is 25.0 Å². The number of nitrogens with one attached hydrogen (secondary N) is 2. The lowest BCUT2D eigenvalue weighted by atomic mass is 10.2. The summed E-state index contributed by atoms with van der Waals surface area (Å²) >= 11 is 0. The molecule has 0 aliphatic carbocycles. The second kappa shape index (κ2) is 10.7. The van der Waals surface area contributed by atoms with E-state index in [1.165, 1.54) is 5.56 Å². The van der Waals surface area contributed by atoms with Gasteiger partial charge in [0.05, 0.1) is 6.61 Å². The molecule has 0 radical (unpaired) electrons. The molecule has 3 rings (SSSR count). The third-order valence-corrected chi connectivity index (χ3v) is 4.37. The van der Waals surface area contributed by atoms with Gasteiger partial charge in [0.2, 0.25) is 0 Å². The highest BCUT2D eigenvalue weighted by molar-refractivity contribution is 5.95. The van der Waals surface area contributed by atoms with Crippen LogP contribution in [0.3, 0.4) is 0 Å². The van der Waals surface area contributed by atoms with Crippen LogP contribution in [-0.2, 0) is 11.2 Å². The molecule has 0 aliphatic heterocycles. The van der Waals surface area contributed by atoms with E-state index in [1.807, 2.05) is 55.5 Å². The van der Waals surface area contributed by atoms with Crippen LogP contribution in [0, 0.1) is 6.92 Å². The van der Waals surface area contributed by atoms with Crippen molar-refractivity contribution in [1.82, 2.24) is 10.9 Å². The van der Waals surface area contributed by atoms with Gasteiger partial charge in [0.15, 0.2) is 6.61 Å². The summed E-state index contributed by atoms with van der Waals surface area (Å²) in [5.41, 5.74) is 7.23. The lowest BCUT2D eigenvalue weighted by Crippen LogP contribution is -2.43. The molecule has 2 N–H and O–H groups in total. The van der Waals surface area contributed by atoms with Crippen LogP contribution in [0.4, 0.5) is 0 Å². The summed E-state index contributed by atoms with van der Waals surface area (Å²) in [5, 5.41) is 0. The fourth-order valence-electron chi connectivity index (χ4n) is 2.75. The summed E-state index contributed by atoms with van der Waals surface area (Å²) in [6.07, 6.45) is 0.772. The van der Waals surface area contributed by atoms with Crippen LogP contribution >= 0.6 is 0 Å². The molecule has 0 aliphatic rings. The number of hydrogen-bond acceptors (Lipinski definition) is 4. The average molecular weight is 404 g/mol. The predicted molar refractivity (Wildman–Crippen MR) is 114 cm³/mol. The quantitative estimate of drug-likeness (QED) is 0.564. The minimum absolute atomic E-state index is 0.201. The SMILES string of the molecule is Cc1ccccc1OCC(=O)NNC(=O)c1cccc(OCCc2ccccc2)c1. The van der Waals surface area contributed by atoms with Crippen molar-refractivity contribution in [2.75, 3.05) is 13.2 Å². The number of para-hydroxylation sites is 1. The first-order valence-electron chi connectivity index (χ1n) is 9.66. The summed E-state index contributed by atoms with van der Waals surface area (Å²) in [5.74, 6) is 0.321. The molecule has 2 amide bonds. The van der Waals surface area contributed by atoms with Crippen molar-refractivity contribution in [1.29, 1.82) is 0 Å². The zero-order chi connectivity index (χ0) is 21.2. The van der Waals surface area contributed by atoms with Crippen LogP contribution in [0.2, 0.25) is 0 Å². The van der Waals surface area contributed by atoms with Gasteiger partial charge in [-0.05, 0) is 42.3 Å². The van der Waals surface area contributed by atoms with Crippen LogP contribution in [0.25, 0.3) is 0 Å². The van der Waals surface area contributed by atoms with Crippen molar-refractivity contribution < 1.29 is 19.1 Å². The molecule has 0 spiro atoms. The highest BCUT2D eigenvalue weighted by Gasteiger charge is 2.09. The topological polar surface area (TPSA) is 76.7 Å². The number of hydrazine groups is 1. The van der Waals surface area contributed by atoms with Crippen LogP contribution in [0.15, 0.2) is 78.9 Å². The Kier molecular flexibility index (Phi) is 7.44. The molecule has 30 heavy (non-hydrogen) atoms. The Labute approximate surface area is 175 Å². The normalized spacial score (nSPS) is 10.2. The Morgan fingerprint density at radius 3 is 2.40 bits per heavy atom. The number of hydrogen-bond donors (Lipinski definition) is 2. The highest BCUT2D eigenvalue weighted by Crippen LogP contribution is 2.16. The number of carbonyl (C=O) groups excluding carboxylic acids is 2. The number of benzene rings is 3. The number of carbonyl (C=O) groups is 2. The van der Waals surface area contributed by atoms with Crippen molar-refractivity contribution in [2.45, 2.75) is 13.3 Å². The summed E-state index contributed by atoms with van der Waals surface area (Å²) in [6.45, 7) is 2.19. The first kappa shape index (κ1) is 20.9. The Balaban J connectivity index is 1.44. The second-order valence-corrected chi connectivity index (χ2v) is 6.67. The van der Waals surface area contributed by atoms with E-state index in [9.17, 15) is 9.59 Å². The number of rotatable bonds is 8. The Morgan fingerprint density at radius 2 is 1.60 bits per heavy atom. The maximum Gasteiger partial charge on any atom is 0.276 e. The standard InChI is InChI=1S/C24H24N2O4/c1-18-8-5-6-13-22(18)30-17-23(27)25-26-24(28)20-11-7-12-21(16-20)29-15-14-19-9-3-2-4-10-19/h2-13,16H,14-15,17H2,1H3,(H,25,27)(H,26,28). The van der Waals surface area contributed by atoms with Gasteiger partial charge in [-0.25, -0.2) is 0 Å². The third-order valence-electron chi connectivity index (χ3n) is 4.37. The van der Waals surface area contributed by atoms with E-state index >= 15 is 0 Å². The third kappa shape index (κ3) is 6.38. The summed E-state index contributed by atoms with van der Waals surface area (Å²) in [4.78, 5) is 24.2. The maximum absolute atomic E-state index is 12.3. The molecule has 0 aromatic heterocycles. The second-order valence-electron chi connectivity index (χ2n) is 6.67. The van der Waals surface area contributed by atoms with Gasteiger partial charge < -0.3 is 9.47 Å². The summed E-state index contributed by atoms with van der Waals surface area (Å²) in [7, 11) is 0.